The lowest BCUT2D eigenvalue weighted by molar-refractivity contribution is 0.0648. The molecule has 2 N–H and O–H groups in total. The van der Waals surface area contributed by atoms with Crippen LogP contribution in [-0.2, 0) is 9.84 Å². The average molecular weight is 341 g/mol. The summed E-state index contributed by atoms with van der Waals surface area (Å²) in [5.41, 5.74) is -1.41. The molecule has 0 saturated heterocycles. The van der Waals surface area contributed by atoms with Crippen LogP contribution in [0.1, 0.15) is 20.7 Å². The Bertz CT molecular complexity index is 873. The summed E-state index contributed by atoms with van der Waals surface area (Å²) in [6.07, 6.45) is 0. The monoisotopic (exact) mass is 340 g/mol. The molecule has 8 heteroatoms. The lowest BCUT2D eigenvalue weighted by Gasteiger charge is -2.11. The van der Waals surface area contributed by atoms with Gasteiger partial charge in [-0.3, -0.25) is 0 Å². The lowest BCUT2D eigenvalue weighted by Crippen LogP contribution is -2.15. The van der Waals surface area contributed by atoms with E-state index in [0.29, 0.717) is 0 Å². The van der Waals surface area contributed by atoms with Crippen LogP contribution in [0.4, 0.5) is 0 Å². The van der Waals surface area contributed by atoms with Gasteiger partial charge in [0, 0.05) is 0 Å². The van der Waals surface area contributed by atoms with Gasteiger partial charge in [0.05, 0.1) is 25.9 Å². The van der Waals surface area contributed by atoms with Crippen LogP contribution in [0.25, 0.3) is 0 Å². The summed E-state index contributed by atoms with van der Waals surface area (Å²) in [6.45, 7) is 0. The SMILES string of the molecule is O=C(O)c1cccc(S(=O)(=O)c2ccccc2Cl)c1C(=O)O. The van der Waals surface area contributed by atoms with Crippen LogP contribution in [0.2, 0.25) is 5.02 Å². The summed E-state index contributed by atoms with van der Waals surface area (Å²) in [7, 11) is -4.28. The third kappa shape index (κ3) is 2.68. The van der Waals surface area contributed by atoms with E-state index in [9.17, 15) is 23.1 Å². The molecule has 22 heavy (non-hydrogen) atoms. The molecule has 0 aromatic heterocycles. The van der Waals surface area contributed by atoms with E-state index < -0.39 is 37.8 Å². The number of sulfone groups is 1. The van der Waals surface area contributed by atoms with E-state index in [1.165, 1.54) is 30.3 Å². The highest BCUT2D eigenvalue weighted by atomic mass is 35.5. The van der Waals surface area contributed by atoms with Gasteiger partial charge in [0.2, 0.25) is 9.84 Å². The van der Waals surface area contributed by atoms with Crippen molar-refractivity contribution in [1.82, 2.24) is 0 Å². The molecule has 0 radical (unpaired) electrons. The fourth-order valence-electron chi connectivity index (χ4n) is 1.94. The Morgan fingerprint density at radius 2 is 1.45 bits per heavy atom. The quantitative estimate of drug-likeness (QED) is 0.885. The van der Waals surface area contributed by atoms with E-state index in [0.717, 1.165) is 12.1 Å². The van der Waals surface area contributed by atoms with Crippen molar-refractivity contribution in [2.75, 3.05) is 0 Å². The van der Waals surface area contributed by atoms with Gasteiger partial charge in [-0.15, -0.1) is 0 Å². The molecule has 0 fully saturated rings. The lowest BCUT2D eigenvalue weighted by atomic mass is 10.1. The maximum Gasteiger partial charge on any atom is 0.337 e. The Kier molecular flexibility index (Phi) is 4.20. The summed E-state index contributed by atoms with van der Waals surface area (Å²) >= 11 is 5.85. The molecule has 2 aromatic carbocycles. The van der Waals surface area contributed by atoms with E-state index in [1.54, 1.807) is 0 Å². The Morgan fingerprint density at radius 3 is 2.00 bits per heavy atom. The largest absolute Gasteiger partial charge is 0.478 e. The summed E-state index contributed by atoms with van der Waals surface area (Å²) < 4.78 is 25.2. The van der Waals surface area contributed by atoms with Crippen LogP contribution >= 0.6 is 11.6 Å². The number of halogens is 1. The second-order valence-corrected chi connectivity index (χ2v) is 6.52. The molecule has 2 rings (SSSR count). The Labute approximate surface area is 130 Å². The molecule has 0 spiro atoms. The fraction of sp³-hybridized carbons (Fsp3) is 0. The van der Waals surface area contributed by atoms with Crippen LogP contribution in [0.3, 0.4) is 0 Å². The minimum absolute atomic E-state index is 0.0837. The molecule has 114 valence electrons. The topological polar surface area (TPSA) is 109 Å². The Morgan fingerprint density at radius 1 is 0.864 bits per heavy atom. The number of rotatable bonds is 4. The van der Waals surface area contributed by atoms with E-state index in [-0.39, 0.29) is 9.92 Å². The first-order valence-electron chi connectivity index (χ1n) is 5.86. The van der Waals surface area contributed by atoms with Gasteiger partial charge in [-0.05, 0) is 24.3 Å². The first-order valence-corrected chi connectivity index (χ1v) is 7.72. The van der Waals surface area contributed by atoms with Gasteiger partial charge >= 0.3 is 11.9 Å². The van der Waals surface area contributed by atoms with Crippen molar-refractivity contribution in [1.29, 1.82) is 0 Å². The molecule has 0 bridgehead atoms. The fourth-order valence-corrected chi connectivity index (χ4v) is 3.92. The normalized spacial score (nSPS) is 11.1. The summed E-state index contributed by atoms with van der Waals surface area (Å²) in [6, 6.07) is 8.74. The maximum atomic E-state index is 12.6. The Balaban J connectivity index is 2.83. The number of carboxylic acid groups (broad SMARTS) is 2. The van der Waals surface area contributed by atoms with Gasteiger partial charge in [-0.1, -0.05) is 29.8 Å². The molecule has 0 atom stereocenters. The van der Waals surface area contributed by atoms with Gasteiger partial charge in [-0.25, -0.2) is 18.0 Å². The van der Waals surface area contributed by atoms with Gasteiger partial charge < -0.3 is 10.2 Å². The molecular formula is C14H9ClO6S. The molecule has 0 amide bonds. The van der Waals surface area contributed by atoms with Crippen molar-refractivity contribution in [3.05, 3.63) is 58.6 Å². The maximum absolute atomic E-state index is 12.6. The van der Waals surface area contributed by atoms with Gasteiger partial charge in [0.15, 0.2) is 0 Å². The number of carboxylic acids is 2. The van der Waals surface area contributed by atoms with Gasteiger partial charge in [-0.2, -0.15) is 0 Å². The van der Waals surface area contributed by atoms with E-state index in [1.807, 2.05) is 0 Å². The van der Waals surface area contributed by atoms with Crippen LogP contribution in [-0.4, -0.2) is 30.6 Å². The van der Waals surface area contributed by atoms with E-state index in [4.69, 9.17) is 16.7 Å². The third-order valence-electron chi connectivity index (χ3n) is 2.89. The third-order valence-corrected chi connectivity index (χ3v) is 5.18. The first kappa shape index (κ1) is 16.0. The summed E-state index contributed by atoms with van der Waals surface area (Å²) in [4.78, 5) is 21.6. The summed E-state index contributed by atoms with van der Waals surface area (Å²) in [5.74, 6) is -3.18. The standard InChI is InChI=1S/C14H9ClO6S/c15-9-5-1-2-6-10(9)22(20,21)11-7-3-4-8(13(16)17)12(11)14(18)19/h1-7H,(H,16,17)(H,18,19). The zero-order valence-electron chi connectivity index (χ0n) is 10.9. The molecule has 0 heterocycles. The molecule has 2 aromatic rings. The zero-order valence-corrected chi connectivity index (χ0v) is 12.4. The second-order valence-electron chi connectivity index (χ2n) is 4.22. The molecule has 0 aliphatic carbocycles. The van der Waals surface area contributed by atoms with Crippen molar-refractivity contribution in [2.24, 2.45) is 0 Å². The summed E-state index contributed by atoms with van der Waals surface area (Å²) in [5, 5.41) is 18.2. The highest BCUT2D eigenvalue weighted by Crippen LogP contribution is 2.30. The van der Waals surface area contributed by atoms with Crippen molar-refractivity contribution in [3.8, 4) is 0 Å². The van der Waals surface area contributed by atoms with Crippen LogP contribution in [0.5, 0.6) is 0 Å². The van der Waals surface area contributed by atoms with Crippen LogP contribution in [0.15, 0.2) is 52.3 Å². The molecule has 0 aliphatic heterocycles. The van der Waals surface area contributed by atoms with Crippen LogP contribution in [0, 0.1) is 0 Å². The molecular weight excluding hydrogens is 332 g/mol. The van der Waals surface area contributed by atoms with Crippen molar-refractivity contribution < 1.29 is 28.2 Å². The number of benzene rings is 2. The highest BCUT2D eigenvalue weighted by Gasteiger charge is 2.29. The average Bonchev–Trinajstić information content (AvgIpc) is 2.46. The minimum Gasteiger partial charge on any atom is -0.478 e. The smallest absolute Gasteiger partial charge is 0.337 e. The molecule has 0 aliphatic rings. The van der Waals surface area contributed by atoms with Crippen LogP contribution < -0.4 is 0 Å². The zero-order chi connectivity index (χ0) is 16.5. The number of carbonyl (C=O) groups is 2. The number of hydrogen-bond acceptors (Lipinski definition) is 4. The molecule has 0 saturated carbocycles. The van der Waals surface area contributed by atoms with Crippen molar-refractivity contribution >= 4 is 33.4 Å². The highest BCUT2D eigenvalue weighted by molar-refractivity contribution is 7.91. The van der Waals surface area contributed by atoms with Gasteiger partial charge in [0.25, 0.3) is 0 Å². The van der Waals surface area contributed by atoms with Crippen molar-refractivity contribution in [3.63, 3.8) is 0 Å². The van der Waals surface area contributed by atoms with Crippen molar-refractivity contribution in [2.45, 2.75) is 9.79 Å². The van der Waals surface area contributed by atoms with E-state index in [2.05, 4.69) is 0 Å². The second kappa shape index (κ2) is 5.78. The predicted octanol–water partition coefficient (Wildman–Crippen LogP) is 2.57. The number of hydrogen-bond donors (Lipinski definition) is 2. The molecule has 6 nitrogen and oxygen atoms in total. The predicted molar refractivity (Wildman–Crippen MR) is 77.3 cm³/mol. The first-order chi connectivity index (χ1) is 10.3. The Hall–Kier alpha value is -2.38. The van der Waals surface area contributed by atoms with E-state index >= 15 is 0 Å². The number of aromatic carboxylic acids is 2. The molecule has 0 unspecified atom stereocenters. The minimum atomic E-state index is -4.28. The van der Waals surface area contributed by atoms with Gasteiger partial charge in [0.1, 0.15) is 0 Å².